The molecular weight excluding hydrogens is 382 g/mol. The number of aryl methyl sites for hydroxylation is 1. The summed E-state index contributed by atoms with van der Waals surface area (Å²) < 4.78 is 1.97. The molecule has 0 bridgehead atoms. The number of aliphatic hydroxyl groups is 1. The number of carbonyl (C=O) groups is 1. The molecule has 1 aliphatic heterocycles. The molecule has 0 radical (unpaired) electrons. The van der Waals surface area contributed by atoms with E-state index in [0.717, 1.165) is 27.8 Å². The van der Waals surface area contributed by atoms with E-state index in [2.05, 4.69) is 25.3 Å². The van der Waals surface area contributed by atoms with E-state index in [9.17, 15) is 9.90 Å². The van der Waals surface area contributed by atoms with Gasteiger partial charge in [-0.1, -0.05) is 6.07 Å². The third kappa shape index (κ3) is 2.98. The number of piperidine rings is 1. The molecule has 1 saturated heterocycles. The molecule has 5 rings (SSSR count). The Hall–Kier alpha value is -3.46. The molecule has 3 N–H and O–H groups in total. The molecule has 0 aliphatic carbocycles. The second-order valence-electron chi connectivity index (χ2n) is 7.64. The Labute approximate surface area is 172 Å². The fraction of sp³-hybridized carbons (Fsp3) is 0.333. The molecule has 1 fully saturated rings. The SMILES string of the molecule is CNc1nc2[nH]c(-c3cccc(C(=O)N4CCC(O)CC4)n3)cc2c2c1ncn2C. The number of aromatic amines is 1. The van der Waals surface area contributed by atoms with Gasteiger partial charge in [-0.05, 0) is 31.0 Å². The molecular formula is C21H23N7O2. The van der Waals surface area contributed by atoms with Gasteiger partial charge < -0.3 is 24.9 Å². The van der Waals surface area contributed by atoms with Crippen LogP contribution in [-0.2, 0) is 7.05 Å². The van der Waals surface area contributed by atoms with E-state index < -0.39 is 0 Å². The van der Waals surface area contributed by atoms with Crippen molar-refractivity contribution in [2.24, 2.45) is 7.05 Å². The molecule has 0 atom stereocenters. The van der Waals surface area contributed by atoms with Crippen LogP contribution in [-0.4, -0.2) is 66.7 Å². The van der Waals surface area contributed by atoms with Crippen LogP contribution in [0.4, 0.5) is 5.82 Å². The fourth-order valence-electron chi connectivity index (χ4n) is 4.05. The molecule has 9 nitrogen and oxygen atoms in total. The Balaban J connectivity index is 1.54. The molecule has 1 aliphatic rings. The van der Waals surface area contributed by atoms with Crippen molar-refractivity contribution in [3.05, 3.63) is 36.3 Å². The highest BCUT2D eigenvalue weighted by Crippen LogP contribution is 2.31. The van der Waals surface area contributed by atoms with Gasteiger partial charge >= 0.3 is 0 Å². The summed E-state index contributed by atoms with van der Waals surface area (Å²) in [5.74, 6) is 0.597. The van der Waals surface area contributed by atoms with Gasteiger partial charge in [0.25, 0.3) is 5.91 Å². The number of rotatable bonds is 3. The Morgan fingerprint density at radius 3 is 2.83 bits per heavy atom. The molecule has 0 aromatic carbocycles. The normalized spacial score (nSPS) is 15.2. The van der Waals surface area contributed by atoms with Crippen LogP contribution < -0.4 is 5.32 Å². The van der Waals surface area contributed by atoms with Crippen molar-refractivity contribution in [1.29, 1.82) is 0 Å². The number of aromatic nitrogens is 5. The van der Waals surface area contributed by atoms with E-state index >= 15 is 0 Å². The largest absolute Gasteiger partial charge is 0.393 e. The number of H-pyrrole nitrogens is 1. The van der Waals surface area contributed by atoms with E-state index in [0.29, 0.717) is 43.1 Å². The Kier molecular flexibility index (Phi) is 4.39. The molecule has 4 aromatic heterocycles. The van der Waals surface area contributed by atoms with Crippen LogP contribution in [0.2, 0.25) is 0 Å². The minimum Gasteiger partial charge on any atom is -0.393 e. The number of fused-ring (bicyclic) bond motifs is 3. The number of nitrogens with zero attached hydrogens (tertiary/aromatic N) is 5. The zero-order valence-electron chi connectivity index (χ0n) is 16.9. The molecule has 5 heterocycles. The Morgan fingerprint density at radius 1 is 1.27 bits per heavy atom. The summed E-state index contributed by atoms with van der Waals surface area (Å²) in [5.41, 5.74) is 4.38. The molecule has 0 unspecified atom stereocenters. The smallest absolute Gasteiger partial charge is 0.272 e. The summed E-state index contributed by atoms with van der Waals surface area (Å²) in [4.78, 5) is 31.7. The highest BCUT2D eigenvalue weighted by atomic mass is 16.3. The highest BCUT2D eigenvalue weighted by molar-refractivity contribution is 6.07. The number of hydrogen-bond donors (Lipinski definition) is 3. The van der Waals surface area contributed by atoms with Crippen molar-refractivity contribution in [1.82, 2.24) is 29.4 Å². The highest BCUT2D eigenvalue weighted by Gasteiger charge is 2.23. The van der Waals surface area contributed by atoms with Crippen molar-refractivity contribution in [3.63, 3.8) is 0 Å². The average molecular weight is 405 g/mol. The zero-order chi connectivity index (χ0) is 20.8. The van der Waals surface area contributed by atoms with E-state index in [1.807, 2.05) is 36.9 Å². The van der Waals surface area contributed by atoms with Crippen LogP contribution in [0.25, 0.3) is 33.5 Å². The fourth-order valence-corrected chi connectivity index (χ4v) is 4.05. The first-order valence-corrected chi connectivity index (χ1v) is 10.0. The summed E-state index contributed by atoms with van der Waals surface area (Å²) >= 11 is 0. The van der Waals surface area contributed by atoms with Gasteiger partial charge in [0.2, 0.25) is 0 Å². The number of hydrogen-bond acceptors (Lipinski definition) is 6. The van der Waals surface area contributed by atoms with Gasteiger partial charge in [0.15, 0.2) is 5.82 Å². The lowest BCUT2D eigenvalue weighted by molar-refractivity contribution is 0.0541. The second kappa shape index (κ2) is 7.10. The third-order valence-corrected chi connectivity index (χ3v) is 5.67. The monoisotopic (exact) mass is 405 g/mol. The van der Waals surface area contributed by atoms with Gasteiger partial charge in [-0.3, -0.25) is 4.79 Å². The number of nitrogens with one attached hydrogen (secondary N) is 2. The topological polar surface area (TPSA) is 112 Å². The van der Waals surface area contributed by atoms with Gasteiger partial charge in [-0.15, -0.1) is 0 Å². The van der Waals surface area contributed by atoms with Crippen molar-refractivity contribution < 1.29 is 9.90 Å². The van der Waals surface area contributed by atoms with Gasteiger partial charge in [0.1, 0.15) is 16.9 Å². The lowest BCUT2D eigenvalue weighted by Crippen LogP contribution is -2.40. The maximum atomic E-state index is 12.9. The second-order valence-corrected chi connectivity index (χ2v) is 7.64. The Morgan fingerprint density at radius 2 is 2.07 bits per heavy atom. The molecule has 0 spiro atoms. The van der Waals surface area contributed by atoms with Crippen LogP contribution in [0, 0.1) is 0 Å². The van der Waals surface area contributed by atoms with E-state index in [1.165, 1.54) is 0 Å². The maximum absolute atomic E-state index is 12.9. The number of aliphatic hydroxyl groups excluding tert-OH is 1. The van der Waals surface area contributed by atoms with Crippen LogP contribution in [0.15, 0.2) is 30.6 Å². The molecule has 30 heavy (non-hydrogen) atoms. The van der Waals surface area contributed by atoms with Crippen LogP contribution in [0.5, 0.6) is 0 Å². The number of amides is 1. The van der Waals surface area contributed by atoms with Crippen molar-refractivity contribution >= 4 is 33.8 Å². The summed E-state index contributed by atoms with van der Waals surface area (Å²) in [6.45, 7) is 1.10. The van der Waals surface area contributed by atoms with E-state index in [-0.39, 0.29) is 12.0 Å². The standard InChI is InChI=1S/C21H23N7O2/c1-22-20-17-18(27(2)11-23-17)13-10-16(25-19(13)26-20)14-4-3-5-15(24-14)21(30)28-8-6-12(29)7-9-28/h3-5,10-12,29H,6-9H2,1-2H3,(H2,22,25,26). The number of anilines is 1. The van der Waals surface area contributed by atoms with Gasteiger partial charge in [0, 0.05) is 32.6 Å². The maximum Gasteiger partial charge on any atom is 0.272 e. The summed E-state index contributed by atoms with van der Waals surface area (Å²) in [5, 5.41) is 13.7. The molecule has 1 amide bonds. The van der Waals surface area contributed by atoms with E-state index in [4.69, 9.17) is 0 Å². The minimum absolute atomic E-state index is 0.107. The van der Waals surface area contributed by atoms with E-state index in [1.54, 1.807) is 17.3 Å². The summed E-state index contributed by atoms with van der Waals surface area (Å²) in [6, 6.07) is 7.45. The number of likely N-dealkylation sites (tertiary alicyclic amines) is 1. The lowest BCUT2D eigenvalue weighted by atomic mass is 10.1. The molecule has 9 heteroatoms. The van der Waals surface area contributed by atoms with Gasteiger partial charge in [-0.2, -0.15) is 0 Å². The van der Waals surface area contributed by atoms with Crippen LogP contribution in [0.1, 0.15) is 23.3 Å². The number of carbonyl (C=O) groups excluding carboxylic acids is 1. The predicted octanol–water partition coefficient (Wildman–Crippen LogP) is 2.15. The summed E-state index contributed by atoms with van der Waals surface area (Å²) in [7, 11) is 3.77. The average Bonchev–Trinajstić information content (AvgIpc) is 3.37. The van der Waals surface area contributed by atoms with Crippen LogP contribution >= 0.6 is 0 Å². The number of imidazole rings is 1. The summed E-state index contributed by atoms with van der Waals surface area (Å²) in [6.07, 6.45) is 2.66. The predicted molar refractivity (Wildman–Crippen MR) is 114 cm³/mol. The quantitative estimate of drug-likeness (QED) is 0.482. The number of pyridine rings is 2. The third-order valence-electron chi connectivity index (χ3n) is 5.67. The zero-order valence-corrected chi connectivity index (χ0v) is 16.9. The van der Waals surface area contributed by atoms with Crippen molar-refractivity contribution in [2.75, 3.05) is 25.5 Å². The molecule has 154 valence electrons. The minimum atomic E-state index is -0.321. The molecule has 0 saturated carbocycles. The first-order chi connectivity index (χ1) is 14.5. The Bertz CT molecular complexity index is 1250. The van der Waals surface area contributed by atoms with Gasteiger partial charge in [-0.25, -0.2) is 15.0 Å². The van der Waals surface area contributed by atoms with Crippen molar-refractivity contribution in [3.8, 4) is 11.4 Å². The van der Waals surface area contributed by atoms with Gasteiger partial charge in [0.05, 0.1) is 29.3 Å². The van der Waals surface area contributed by atoms with Crippen molar-refractivity contribution in [2.45, 2.75) is 18.9 Å². The first-order valence-electron chi connectivity index (χ1n) is 10.0. The molecule has 4 aromatic rings. The first kappa shape index (κ1) is 18.6. The lowest BCUT2D eigenvalue weighted by Gasteiger charge is -2.29. The van der Waals surface area contributed by atoms with Crippen LogP contribution in [0.3, 0.4) is 0 Å².